The molecule has 0 saturated heterocycles. The van der Waals surface area contributed by atoms with Crippen LogP contribution in [-0.4, -0.2) is 17.2 Å². The number of nitrogens with two attached hydrogens (primary N) is 1. The average Bonchev–Trinajstić information content (AvgIpc) is 2.54. The molecular weight excluding hydrogens is 319 g/mol. The molecule has 0 fully saturated rings. The van der Waals surface area contributed by atoms with E-state index in [2.05, 4.69) is 5.32 Å². The number of hydrogen-bond acceptors (Lipinski definition) is 3. The minimum Gasteiger partial charge on any atom is -0.379 e. The lowest BCUT2D eigenvalue weighted by Gasteiger charge is -2.35. The van der Waals surface area contributed by atoms with E-state index in [0.717, 1.165) is 5.56 Å². The maximum atomic E-state index is 13.7. The fourth-order valence-electron chi connectivity index (χ4n) is 3.14. The Labute approximate surface area is 145 Å². The molecule has 4 nitrogen and oxygen atoms in total. The van der Waals surface area contributed by atoms with E-state index >= 15 is 0 Å². The van der Waals surface area contributed by atoms with Gasteiger partial charge in [-0.05, 0) is 44.0 Å². The average molecular weight is 338 g/mol. The van der Waals surface area contributed by atoms with Crippen LogP contribution in [0.2, 0.25) is 0 Å². The highest BCUT2D eigenvalue weighted by Crippen LogP contribution is 2.30. The maximum absolute atomic E-state index is 13.7. The molecule has 5 heteroatoms. The molecule has 1 amide bonds. The number of benzene rings is 2. The lowest BCUT2D eigenvalue weighted by Crippen LogP contribution is -2.43. The van der Waals surface area contributed by atoms with E-state index in [0.29, 0.717) is 17.7 Å². The minimum absolute atomic E-state index is 0.166. The largest absolute Gasteiger partial charge is 0.379 e. The van der Waals surface area contributed by atoms with Gasteiger partial charge in [0.25, 0.3) is 0 Å². The number of rotatable bonds is 3. The number of ketones is 1. The zero-order valence-corrected chi connectivity index (χ0v) is 14.1. The van der Waals surface area contributed by atoms with Crippen molar-refractivity contribution in [3.05, 3.63) is 76.6 Å². The molecule has 0 atom stereocenters. The summed E-state index contributed by atoms with van der Waals surface area (Å²) in [5, 5.41) is 3.28. The summed E-state index contributed by atoms with van der Waals surface area (Å²) < 4.78 is 13.7. The summed E-state index contributed by atoms with van der Waals surface area (Å²) in [4.78, 5) is 24.3. The van der Waals surface area contributed by atoms with Gasteiger partial charge in [0.2, 0.25) is 5.91 Å². The van der Waals surface area contributed by atoms with Crippen LogP contribution in [0.15, 0.2) is 48.5 Å². The highest BCUT2D eigenvalue weighted by Gasteiger charge is 2.28. The molecule has 1 aliphatic heterocycles. The number of carbonyl (C=O) groups excluding carboxylic acids is 2. The van der Waals surface area contributed by atoms with Gasteiger partial charge in [-0.25, -0.2) is 4.39 Å². The van der Waals surface area contributed by atoms with Crippen LogP contribution >= 0.6 is 0 Å². The number of allylic oxidation sites excluding steroid dienone is 1. The Hall–Kier alpha value is -2.95. The summed E-state index contributed by atoms with van der Waals surface area (Å²) in [6, 6.07) is 11.0. The molecule has 3 N–H and O–H groups in total. The van der Waals surface area contributed by atoms with Gasteiger partial charge in [0.15, 0.2) is 5.78 Å². The van der Waals surface area contributed by atoms with Gasteiger partial charge in [0, 0.05) is 28.4 Å². The van der Waals surface area contributed by atoms with Crippen molar-refractivity contribution < 1.29 is 14.0 Å². The Kier molecular flexibility index (Phi) is 4.17. The summed E-state index contributed by atoms with van der Waals surface area (Å²) in [5.41, 5.74) is 7.62. The van der Waals surface area contributed by atoms with Crippen LogP contribution in [0.1, 0.15) is 45.7 Å². The van der Waals surface area contributed by atoms with Crippen LogP contribution in [0, 0.1) is 5.82 Å². The number of nitrogens with one attached hydrogen (secondary N) is 1. The first-order valence-corrected chi connectivity index (χ1v) is 7.99. The second-order valence-corrected chi connectivity index (χ2v) is 6.82. The van der Waals surface area contributed by atoms with Crippen molar-refractivity contribution in [1.29, 1.82) is 0 Å². The van der Waals surface area contributed by atoms with Gasteiger partial charge in [0.05, 0.1) is 5.56 Å². The summed E-state index contributed by atoms with van der Waals surface area (Å²) in [5.74, 6) is -1.38. The quantitative estimate of drug-likeness (QED) is 0.667. The molecule has 25 heavy (non-hydrogen) atoms. The van der Waals surface area contributed by atoms with E-state index in [1.807, 2.05) is 13.8 Å². The molecule has 0 aliphatic carbocycles. The Balaban J connectivity index is 2.08. The van der Waals surface area contributed by atoms with E-state index in [-0.39, 0.29) is 28.3 Å². The number of amides is 1. The third-order valence-corrected chi connectivity index (χ3v) is 4.20. The van der Waals surface area contributed by atoms with Crippen LogP contribution < -0.4 is 11.1 Å². The Morgan fingerprint density at radius 1 is 1.16 bits per heavy atom. The van der Waals surface area contributed by atoms with E-state index in [1.54, 1.807) is 24.3 Å². The molecule has 0 radical (unpaired) electrons. The molecule has 0 unspecified atom stereocenters. The SMILES string of the molecule is CC1(C)Cc2ccc(F)cc2C(=CC(=O)c2ccccc2C(N)=O)N1. The van der Waals surface area contributed by atoms with E-state index in [1.165, 1.54) is 24.3 Å². The first kappa shape index (κ1) is 16.9. The predicted octanol–water partition coefficient (Wildman–Crippen LogP) is 3.07. The van der Waals surface area contributed by atoms with Crippen molar-refractivity contribution in [1.82, 2.24) is 5.32 Å². The van der Waals surface area contributed by atoms with Gasteiger partial charge in [-0.1, -0.05) is 24.3 Å². The van der Waals surface area contributed by atoms with Gasteiger partial charge < -0.3 is 11.1 Å². The smallest absolute Gasteiger partial charge is 0.249 e. The molecule has 2 aromatic rings. The standard InChI is InChI=1S/C20H19FN2O2/c1-20(2)11-12-7-8-13(21)9-16(12)17(23-20)10-18(24)14-5-3-4-6-15(14)19(22)25/h3-10,23H,11H2,1-2H3,(H2,22,25). The first-order chi connectivity index (χ1) is 11.8. The van der Waals surface area contributed by atoms with E-state index < -0.39 is 5.91 Å². The van der Waals surface area contributed by atoms with Crippen molar-refractivity contribution in [3.63, 3.8) is 0 Å². The van der Waals surface area contributed by atoms with Crippen LogP contribution in [-0.2, 0) is 6.42 Å². The normalized spacial score (nSPS) is 16.8. The monoisotopic (exact) mass is 338 g/mol. The summed E-state index contributed by atoms with van der Waals surface area (Å²) in [6.07, 6.45) is 2.12. The molecule has 0 aromatic heterocycles. The van der Waals surface area contributed by atoms with Crippen LogP contribution in [0.4, 0.5) is 4.39 Å². The topological polar surface area (TPSA) is 72.2 Å². The van der Waals surface area contributed by atoms with Gasteiger partial charge in [0.1, 0.15) is 5.82 Å². The van der Waals surface area contributed by atoms with Crippen molar-refractivity contribution in [2.24, 2.45) is 5.73 Å². The second kappa shape index (κ2) is 6.16. The Morgan fingerprint density at radius 3 is 2.52 bits per heavy atom. The summed E-state index contributed by atoms with van der Waals surface area (Å²) in [6.45, 7) is 4.02. The number of hydrogen-bond donors (Lipinski definition) is 2. The summed E-state index contributed by atoms with van der Waals surface area (Å²) >= 11 is 0. The molecule has 0 bridgehead atoms. The lowest BCUT2D eigenvalue weighted by molar-refractivity contribution is 0.0983. The van der Waals surface area contributed by atoms with E-state index in [4.69, 9.17) is 5.73 Å². The third-order valence-electron chi connectivity index (χ3n) is 4.20. The molecule has 0 saturated carbocycles. The summed E-state index contributed by atoms with van der Waals surface area (Å²) in [7, 11) is 0. The predicted molar refractivity (Wildman–Crippen MR) is 94.6 cm³/mol. The maximum Gasteiger partial charge on any atom is 0.249 e. The second-order valence-electron chi connectivity index (χ2n) is 6.82. The van der Waals surface area contributed by atoms with Crippen LogP contribution in [0.5, 0.6) is 0 Å². The van der Waals surface area contributed by atoms with Gasteiger partial charge >= 0.3 is 0 Å². The van der Waals surface area contributed by atoms with Gasteiger partial charge in [-0.3, -0.25) is 9.59 Å². The third kappa shape index (κ3) is 3.45. The number of carbonyl (C=O) groups is 2. The lowest BCUT2D eigenvalue weighted by atomic mass is 9.85. The molecular formula is C20H19FN2O2. The van der Waals surface area contributed by atoms with Crippen LogP contribution in [0.3, 0.4) is 0 Å². The van der Waals surface area contributed by atoms with Gasteiger partial charge in [-0.15, -0.1) is 0 Å². The molecule has 3 rings (SSSR count). The fourth-order valence-corrected chi connectivity index (χ4v) is 3.14. The molecule has 1 aliphatic rings. The highest BCUT2D eigenvalue weighted by atomic mass is 19.1. The fraction of sp³-hybridized carbons (Fsp3) is 0.200. The first-order valence-electron chi connectivity index (χ1n) is 7.99. The van der Waals surface area contributed by atoms with Crippen molar-refractivity contribution in [2.75, 3.05) is 0 Å². The molecule has 1 heterocycles. The zero-order chi connectivity index (χ0) is 18.2. The van der Waals surface area contributed by atoms with E-state index in [9.17, 15) is 14.0 Å². The van der Waals surface area contributed by atoms with Crippen LogP contribution in [0.25, 0.3) is 5.70 Å². The Bertz CT molecular complexity index is 900. The molecule has 0 spiro atoms. The number of primary amides is 1. The molecule has 2 aromatic carbocycles. The zero-order valence-electron chi connectivity index (χ0n) is 14.1. The number of fused-ring (bicyclic) bond motifs is 1. The number of halogens is 1. The van der Waals surface area contributed by atoms with Gasteiger partial charge in [-0.2, -0.15) is 0 Å². The molecule has 128 valence electrons. The van der Waals surface area contributed by atoms with Crippen molar-refractivity contribution in [3.8, 4) is 0 Å². The Morgan fingerprint density at radius 2 is 1.84 bits per heavy atom. The van der Waals surface area contributed by atoms with Crippen molar-refractivity contribution in [2.45, 2.75) is 25.8 Å². The van der Waals surface area contributed by atoms with Crippen molar-refractivity contribution >= 4 is 17.4 Å². The highest BCUT2D eigenvalue weighted by molar-refractivity contribution is 6.14. The minimum atomic E-state index is -0.661.